The van der Waals surface area contributed by atoms with Crippen LogP contribution in [-0.4, -0.2) is 128 Å². The molecule has 3 aliphatic heterocycles. The molecular formula is C54H68ClFN4O10S. The van der Waals surface area contributed by atoms with Crippen LogP contribution in [0.5, 0.6) is 17.2 Å². The fourth-order valence-corrected chi connectivity index (χ4v) is 12.2. The molecule has 3 atom stereocenters. The van der Waals surface area contributed by atoms with E-state index in [2.05, 4.69) is 4.90 Å². The van der Waals surface area contributed by atoms with Crippen LogP contribution in [-0.2, 0) is 60.7 Å². The number of hydrogen-bond donors (Lipinski definition) is 0. The first-order valence-electron chi connectivity index (χ1n) is 24.3. The monoisotopic (exact) mass is 1020 g/mol. The minimum Gasteiger partial charge on any atom is -0.497 e. The van der Waals surface area contributed by atoms with E-state index >= 15 is 9.18 Å². The number of hydrogen-bond acceptors (Lipinski definition) is 12. The number of anilines is 1. The average Bonchev–Trinajstić information content (AvgIpc) is 3.79. The van der Waals surface area contributed by atoms with Gasteiger partial charge in [-0.25, -0.2) is 17.6 Å². The SMILES string of the molecule is COCCN(CCOC)C(=O)C(/C(F)=C/C[C@H](C)CS(=O)(=O)N(Cc1ccc(OC)cc1)Cc1ccc(OC)cc1)N1CCC[C@@]12CN1CCCCc3cc(Cl)cc2c3COc2ccc(C(=O)OC)cc21. The summed E-state index contributed by atoms with van der Waals surface area (Å²) in [4.78, 5) is 34.2. The summed E-state index contributed by atoms with van der Waals surface area (Å²) in [6, 6.07) is 22.3. The van der Waals surface area contributed by atoms with E-state index < -0.39 is 45.2 Å². The molecule has 0 aromatic heterocycles. The maximum atomic E-state index is 18.0. The molecule has 1 fully saturated rings. The van der Waals surface area contributed by atoms with Crippen LogP contribution < -0.4 is 19.1 Å². The van der Waals surface area contributed by atoms with Gasteiger partial charge in [-0.2, -0.15) is 4.31 Å². The fourth-order valence-electron chi connectivity index (χ4n) is 10.2. The minimum absolute atomic E-state index is 0.0287. The van der Waals surface area contributed by atoms with Gasteiger partial charge >= 0.3 is 5.97 Å². The second-order valence-corrected chi connectivity index (χ2v) is 21.1. The summed E-state index contributed by atoms with van der Waals surface area (Å²) in [5.41, 5.74) is 4.46. The van der Waals surface area contributed by atoms with E-state index in [-0.39, 0.29) is 58.2 Å². The van der Waals surface area contributed by atoms with Crippen LogP contribution >= 0.6 is 11.6 Å². The van der Waals surface area contributed by atoms with E-state index in [0.29, 0.717) is 66.0 Å². The highest BCUT2D eigenvalue weighted by atomic mass is 35.5. The normalized spacial score (nSPS) is 18.0. The summed E-state index contributed by atoms with van der Waals surface area (Å²) in [5, 5.41) is 0.533. The van der Waals surface area contributed by atoms with Crippen LogP contribution in [0.25, 0.3) is 0 Å². The smallest absolute Gasteiger partial charge is 0.337 e. The van der Waals surface area contributed by atoms with Crippen LogP contribution in [0.15, 0.2) is 90.8 Å². The van der Waals surface area contributed by atoms with Gasteiger partial charge in [0.15, 0.2) is 0 Å². The molecule has 3 heterocycles. The first-order chi connectivity index (χ1) is 34.2. The summed E-state index contributed by atoms with van der Waals surface area (Å²) in [5.74, 6) is -0.568. The van der Waals surface area contributed by atoms with Gasteiger partial charge in [0.05, 0.1) is 57.1 Å². The second-order valence-electron chi connectivity index (χ2n) is 18.6. The number of ether oxygens (including phenoxy) is 6. The van der Waals surface area contributed by atoms with Gasteiger partial charge in [0.1, 0.15) is 35.7 Å². The van der Waals surface area contributed by atoms with Crippen molar-refractivity contribution in [2.24, 2.45) is 5.92 Å². The Morgan fingerprint density at radius 2 is 1.51 bits per heavy atom. The van der Waals surface area contributed by atoms with Gasteiger partial charge in [0.25, 0.3) is 0 Å². The third kappa shape index (κ3) is 12.7. The van der Waals surface area contributed by atoms with Crippen molar-refractivity contribution in [3.63, 3.8) is 0 Å². The molecule has 1 unspecified atom stereocenters. The molecule has 71 heavy (non-hydrogen) atoms. The van der Waals surface area contributed by atoms with Gasteiger partial charge in [0.2, 0.25) is 15.9 Å². The van der Waals surface area contributed by atoms with Crippen molar-refractivity contribution in [1.29, 1.82) is 0 Å². The van der Waals surface area contributed by atoms with Crippen LogP contribution in [0, 0.1) is 5.92 Å². The summed E-state index contributed by atoms with van der Waals surface area (Å²) in [7, 11) is 3.65. The number of allylic oxidation sites excluding steroid dienone is 1. The number of esters is 1. The molecule has 1 spiro atoms. The molecule has 3 aliphatic rings. The number of likely N-dealkylation sites (tertiary alicyclic amines) is 1. The van der Waals surface area contributed by atoms with E-state index in [1.54, 1.807) is 82.7 Å². The molecule has 384 valence electrons. The first-order valence-corrected chi connectivity index (χ1v) is 26.3. The van der Waals surface area contributed by atoms with E-state index in [1.165, 1.54) is 17.5 Å². The number of fused-ring (bicyclic) bond motifs is 3. The Balaban J connectivity index is 1.28. The molecule has 4 bridgehead atoms. The number of carbonyl (C=O) groups is 2. The van der Waals surface area contributed by atoms with Gasteiger partial charge in [-0.3, -0.25) is 9.69 Å². The number of methoxy groups -OCH3 is 5. The van der Waals surface area contributed by atoms with Crippen LogP contribution in [0.2, 0.25) is 5.02 Å². The number of aryl methyl sites for hydroxylation is 1. The zero-order valence-corrected chi connectivity index (χ0v) is 43.4. The molecule has 17 heteroatoms. The molecule has 0 radical (unpaired) electrons. The number of halogens is 2. The topological polar surface area (TPSA) is 137 Å². The molecular weight excluding hydrogens is 951 g/mol. The van der Waals surface area contributed by atoms with Gasteiger partial charge < -0.3 is 38.2 Å². The van der Waals surface area contributed by atoms with Gasteiger partial charge in [-0.05, 0) is 127 Å². The van der Waals surface area contributed by atoms with Crippen LogP contribution in [0.3, 0.4) is 0 Å². The highest BCUT2D eigenvalue weighted by molar-refractivity contribution is 7.89. The molecule has 0 saturated carbocycles. The fraction of sp³-hybridized carbons (Fsp3) is 0.481. The maximum Gasteiger partial charge on any atom is 0.337 e. The Morgan fingerprint density at radius 1 is 0.859 bits per heavy atom. The van der Waals surface area contributed by atoms with Crippen molar-refractivity contribution in [3.8, 4) is 17.2 Å². The van der Waals surface area contributed by atoms with Crippen molar-refractivity contribution in [3.05, 3.63) is 129 Å². The van der Waals surface area contributed by atoms with Gasteiger partial charge in [-0.15, -0.1) is 0 Å². The van der Waals surface area contributed by atoms with E-state index in [4.69, 9.17) is 40.0 Å². The third-order valence-corrected chi connectivity index (χ3v) is 16.2. The molecule has 4 aromatic carbocycles. The lowest BCUT2D eigenvalue weighted by molar-refractivity contribution is -0.139. The number of rotatable bonds is 21. The Morgan fingerprint density at radius 3 is 2.11 bits per heavy atom. The van der Waals surface area contributed by atoms with Crippen molar-refractivity contribution >= 4 is 39.2 Å². The predicted octanol–water partition coefficient (Wildman–Crippen LogP) is 8.57. The average molecular weight is 1020 g/mol. The first kappa shape index (κ1) is 53.6. The summed E-state index contributed by atoms with van der Waals surface area (Å²) in [6.45, 7) is 4.24. The van der Waals surface area contributed by atoms with E-state index in [1.807, 2.05) is 41.3 Å². The quantitative estimate of drug-likeness (QED) is 0.0740. The Labute approximate surface area is 423 Å². The highest BCUT2D eigenvalue weighted by Gasteiger charge is 2.52. The number of amides is 1. The van der Waals surface area contributed by atoms with Gasteiger partial charge in [0, 0.05) is 65.1 Å². The molecule has 7 rings (SSSR count). The summed E-state index contributed by atoms with van der Waals surface area (Å²) < 4.78 is 81.9. The molecule has 4 aromatic rings. The molecule has 14 nitrogen and oxygen atoms in total. The Bertz CT molecular complexity index is 2540. The van der Waals surface area contributed by atoms with Crippen molar-refractivity contribution < 1.29 is 50.8 Å². The summed E-state index contributed by atoms with van der Waals surface area (Å²) >= 11 is 7.05. The van der Waals surface area contributed by atoms with Crippen molar-refractivity contribution in [1.82, 2.24) is 14.1 Å². The second kappa shape index (κ2) is 24.5. The minimum atomic E-state index is -3.95. The molecule has 1 amide bonds. The zero-order valence-electron chi connectivity index (χ0n) is 41.8. The lowest BCUT2D eigenvalue weighted by Gasteiger charge is -2.47. The van der Waals surface area contributed by atoms with Gasteiger partial charge in [-0.1, -0.05) is 48.9 Å². The molecule has 0 aliphatic carbocycles. The van der Waals surface area contributed by atoms with Crippen LogP contribution in [0.1, 0.15) is 77.2 Å². The Kier molecular flexibility index (Phi) is 18.5. The molecule has 1 saturated heterocycles. The van der Waals surface area contributed by atoms with E-state index in [9.17, 15) is 13.2 Å². The number of nitrogens with zero attached hydrogens (tertiary/aromatic N) is 4. The van der Waals surface area contributed by atoms with Crippen molar-refractivity contribution in [2.75, 3.05) is 92.1 Å². The Hall–Kier alpha value is -5.23. The zero-order chi connectivity index (χ0) is 50.7. The van der Waals surface area contributed by atoms with E-state index in [0.717, 1.165) is 47.1 Å². The standard InChI is InChI=1S/C54H68ClFN4O10S/c1-38(36-71(63,64)59(33-39-12-17-44(67-4)18-13-39)34-40-14-19-45(68-5)20-15-40)11-21-48(56)51(52(61)57(26-28-65-2)27-29-66-3)60-25-9-23-54(60)37-58-24-8-7-10-41-30-43(55)32-47(54)46(41)35-70-50-22-16-42(31-49(50)58)53(62)69-6/h12-22,30-32,38,51H,7-11,23-29,33-37H2,1-6H3/b48-21-/t38-,51?,54-/m0/s1. The predicted molar refractivity (Wildman–Crippen MR) is 272 cm³/mol. The van der Waals surface area contributed by atoms with Crippen molar-refractivity contribution in [2.45, 2.75) is 76.7 Å². The van der Waals surface area contributed by atoms with Crippen LogP contribution in [0.4, 0.5) is 10.1 Å². The summed E-state index contributed by atoms with van der Waals surface area (Å²) in [6.07, 6.45) is 5.02. The number of benzene rings is 4. The highest BCUT2D eigenvalue weighted by Crippen LogP contribution is 2.49. The lowest BCUT2D eigenvalue weighted by Crippen LogP contribution is -2.59. The molecule has 0 N–H and O–H groups in total. The largest absolute Gasteiger partial charge is 0.497 e. The maximum absolute atomic E-state index is 18.0. The third-order valence-electron chi connectivity index (χ3n) is 13.9. The number of carbonyl (C=O) groups excluding carboxylic acids is 2. The lowest BCUT2D eigenvalue weighted by atomic mass is 9.79. The number of sulfonamides is 1.